The fourth-order valence-electron chi connectivity index (χ4n) is 2.25. The Bertz CT molecular complexity index is 758. The molecule has 3 aromatic rings. The SMILES string of the molecule is Cc1ccc(-c2noc([C@H](C)n3ccnc3C(C)C)n2)nn1. The third-order valence-electron chi connectivity index (χ3n) is 3.46. The fourth-order valence-corrected chi connectivity index (χ4v) is 2.25. The first-order chi connectivity index (χ1) is 10.6. The summed E-state index contributed by atoms with van der Waals surface area (Å²) in [4.78, 5) is 8.83. The van der Waals surface area contributed by atoms with Crippen LogP contribution in [-0.2, 0) is 0 Å². The van der Waals surface area contributed by atoms with Gasteiger partial charge in [0.25, 0.3) is 0 Å². The van der Waals surface area contributed by atoms with E-state index >= 15 is 0 Å². The van der Waals surface area contributed by atoms with E-state index in [0.29, 0.717) is 23.3 Å². The molecule has 0 fully saturated rings. The second-order valence-electron chi connectivity index (χ2n) is 5.54. The van der Waals surface area contributed by atoms with Gasteiger partial charge in [0.15, 0.2) is 0 Å². The Morgan fingerprint density at radius 1 is 1.14 bits per heavy atom. The van der Waals surface area contributed by atoms with Gasteiger partial charge in [-0.2, -0.15) is 10.1 Å². The number of nitrogens with zero attached hydrogens (tertiary/aromatic N) is 6. The van der Waals surface area contributed by atoms with E-state index < -0.39 is 0 Å². The first kappa shape index (κ1) is 14.4. The lowest BCUT2D eigenvalue weighted by Crippen LogP contribution is -2.11. The molecule has 114 valence electrons. The summed E-state index contributed by atoms with van der Waals surface area (Å²) in [5.74, 6) is 2.28. The van der Waals surface area contributed by atoms with Crippen molar-refractivity contribution in [2.75, 3.05) is 0 Å². The number of imidazole rings is 1. The van der Waals surface area contributed by atoms with Crippen molar-refractivity contribution >= 4 is 0 Å². The molecule has 0 saturated carbocycles. The van der Waals surface area contributed by atoms with Crippen molar-refractivity contribution in [3.63, 3.8) is 0 Å². The molecule has 0 aliphatic carbocycles. The second-order valence-corrected chi connectivity index (χ2v) is 5.54. The molecule has 0 spiro atoms. The van der Waals surface area contributed by atoms with Gasteiger partial charge < -0.3 is 9.09 Å². The molecule has 0 saturated heterocycles. The Balaban J connectivity index is 1.90. The Hall–Kier alpha value is -2.57. The van der Waals surface area contributed by atoms with Gasteiger partial charge in [-0.3, -0.25) is 0 Å². The molecular formula is C15H18N6O. The van der Waals surface area contributed by atoms with Gasteiger partial charge in [-0.25, -0.2) is 4.98 Å². The van der Waals surface area contributed by atoms with Gasteiger partial charge in [-0.05, 0) is 26.0 Å². The van der Waals surface area contributed by atoms with E-state index in [2.05, 4.69) is 39.2 Å². The molecule has 0 radical (unpaired) electrons. The standard InChI is InChI=1S/C15H18N6O/c1-9(2)14-16-7-8-21(14)11(4)15-17-13(20-22-15)12-6-5-10(3)18-19-12/h5-9,11H,1-4H3/t11-/m0/s1. The highest BCUT2D eigenvalue weighted by Gasteiger charge is 2.20. The van der Waals surface area contributed by atoms with E-state index in [4.69, 9.17) is 4.52 Å². The van der Waals surface area contributed by atoms with Crippen LogP contribution in [0, 0.1) is 6.92 Å². The third kappa shape index (κ3) is 2.61. The average molecular weight is 298 g/mol. The molecule has 0 aliphatic heterocycles. The van der Waals surface area contributed by atoms with Gasteiger partial charge in [0, 0.05) is 18.3 Å². The zero-order chi connectivity index (χ0) is 15.7. The van der Waals surface area contributed by atoms with E-state index in [0.717, 1.165) is 11.5 Å². The maximum absolute atomic E-state index is 5.39. The van der Waals surface area contributed by atoms with E-state index in [1.165, 1.54) is 0 Å². The molecule has 3 heterocycles. The van der Waals surface area contributed by atoms with Gasteiger partial charge in [0.05, 0.1) is 5.69 Å². The van der Waals surface area contributed by atoms with Crippen molar-refractivity contribution in [1.82, 2.24) is 29.9 Å². The Labute approximate surface area is 128 Å². The van der Waals surface area contributed by atoms with Crippen molar-refractivity contribution in [2.24, 2.45) is 0 Å². The first-order valence-corrected chi connectivity index (χ1v) is 7.23. The summed E-state index contributed by atoms with van der Waals surface area (Å²) < 4.78 is 7.44. The Morgan fingerprint density at radius 3 is 2.64 bits per heavy atom. The molecule has 0 bridgehead atoms. The molecule has 3 aromatic heterocycles. The summed E-state index contributed by atoms with van der Waals surface area (Å²) in [6.07, 6.45) is 3.71. The van der Waals surface area contributed by atoms with Gasteiger partial charge in [-0.1, -0.05) is 19.0 Å². The maximum atomic E-state index is 5.39. The molecule has 0 aliphatic rings. The average Bonchev–Trinajstić information content (AvgIpc) is 3.17. The quantitative estimate of drug-likeness (QED) is 0.736. The van der Waals surface area contributed by atoms with Gasteiger partial charge in [0.1, 0.15) is 17.6 Å². The lowest BCUT2D eigenvalue weighted by molar-refractivity contribution is 0.341. The highest BCUT2D eigenvalue weighted by atomic mass is 16.5. The molecule has 7 heteroatoms. The third-order valence-corrected chi connectivity index (χ3v) is 3.46. The molecule has 22 heavy (non-hydrogen) atoms. The largest absolute Gasteiger partial charge is 0.337 e. The summed E-state index contributed by atoms with van der Waals surface area (Å²) >= 11 is 0. The van der Waals surface area contributed by atoms with E-state index in [9.17, 15) is 0 Å². The van der Waals surface area contributed by atoms with Gasteiger partial charge in [-0.15, -0.1) is 5.10 Å². The van der Waals surface area contributed by atoms with Crippen LogP contribution in [0.15, 0.2) is 29.0 Å². The van der Waals surface area contributed by atoms with Crippen molar-refractivity contribution < 1.29 is 4.52 Å². The smallest absolute Gasteiger partial charge is 0.249 e. The van der Waals surface area contributed by atoms with Crippen LogP contribution in [0.2, 0.25) is 0 Å². The molecule has 0 aromatic carbocycles. The monoisotopic (exact) mass is 298 g/mol. The van der Waals surface area contributed by atoms with E-state index in [1.807, 2.05) is 36.7 Å². The minimum atomic E-state index is -0.0837. The Kier molecular flexibility index (Phi) is 3.70. The molecule has 0 unspecified atom stereocenters. The highest BCUT2D eigenvalue weighted by Crippen LogP contribution is 2.23. The van der Waals surface area contributed by atoms with Crippen molar-refractivity contribution in [2.45, 2.75) is 39.7 Å². The van der Waals surface area contributed by atoms with Crippen LogP contribution < -0.4 is 0 Å². The number of hydrogen-bond donors (Lipinski definition) is 0. The first-order valence-electron chi connectivity index (χ1n) is 7.23. The zero-order valence-corrected chi connectivity index (χ0v) is 13.1. The van der Waals surface area contributed by atoms with Crippen LogP contribution in [-0.4, -0.2) is 29.9 Å². The second kappa shape index (κ2) is 5.67. The lowest BCUT2D eigenvalue weighted by atomic mass is 10.2. The van der Waals surface area contributed by atoms with Crippen LogP contribution in [0.5, 0.6) is 0 Å². The fraction of sp³-hybridized carbons (Fsp3) is 0.400. The van der Waals surface area contributed by atoms with Crippen molar-refractivity contribution in [1.29, 1.82) is 0 Å². The summed E-state index contributed by atoms with van der Waals surface area (Å²) in [6, 6.07) is 3.62. The summed E-state index contributed by atoms with van der Waals surface area (Å²) in [5, 5.41) is 12.1. The van der Waals surface area contributed by atoms with Crippen LogP contribution in [0.3, 0.4) is 0 Å². The van der Waals surface area contributed by atoms with Gasteiger partial charge >= 0.3 is 0 Å². The predicted molar refractivity (Wildman–Crippen MR) is 80.2 cm³/mol. The topological polar surface area (TPSA) is 82.5 Å². The van der Waals surface area contributed by atoms with Gasteiger partial charge in [0.2, 0.25) is 11.7 Å². The number of aryl methyl sites for hydroxylation is 1. The molecule has 7 nitrogen and oxygen atoms in total. The highest BCUT2D eigenvalue weighted by molar-refractivity contribution is 5.46. The van der Waals surface area contributed by atoms with Crippen molar-refractivity contribution in [3.05, 3.63) is 41.9 Å². The van der Waals surface area contributed by atoms with Crippen LogP contribution >= 0.6 is 0 Å². The van der Waals surface area contributed by atoms with E-state index in [-0.39, 0.29) is 6.04 Å². The van der Waals surface area contributed by atoms with E-state index in [1.54, 1.807) is 6.20 Å². The zero-order valence-electron chi connectivity index (χ0n) is 13.1. The minimum Gasteiger partial charge on any atom is -0.337 e. The molecule has 0 amide bonds. The number of hydrogen-bond acceptors (Lipinski definition) is 6. The predicted octanol–water partition coefficient (Wildman–Crippen LogP) is 2.76. The Morgan fingerprint density at radius 2 is 1.95 bits per heavy atom. The molecular weight excluding hydrogens is 280 g/mol. The molecule has 0 N–H and O–H groups in total. The molecule has 3 rings (SSSR count). The summed E-state index contributed by atoms with van der Waals surface area (Å²) in [7, 11) is 0. The summed E-state index contributed by atoms with van der Waals surface area (Å²) in [6.45, 7) is 8.10. The maximum Gasteiger partial charge on any atom is 0.249 e. The normalized spacial score (nSPS) is 12.8. The minimum absolute atomic E-state index is 0.0837. The number of rotatable bonds is 4. The molecule has 1 atom stereocenters. The van der Waals surface area contributed by atoms with Crippen LogP contribution in [0.1, 0.15) is 50.1 Å². The number of aromatic nitrogens is 6. The van der Waals surface area contributed by atoms with Crippen molar-refractivity contribution in [3.8, 4) is 11.5 Å². The van der Waals surface area contributed by atoms with Crippen LogP contribution in [0.25, 0.3) is 11.5 Å². The summed E-state index contributed by atoms with van der Waals surface area (Å²) in [5.41, 5.74) is 1.45. The lowest BCUT2D eigenvalue weighted by Gasteiger charge is -2.14. The van der Waals surface area contributed by atoms with Crippen LogP contribution in [0.4, 0.5) is 0 Å².